The van der Waals surface area contributed by atoms with Crippen molar-refractivity contribution >= 4 is 33.8 Å². The Labute approximate surface area is 201 Å². The van der Waals surface area contributed by atoms with Gasteiger partial charge in [0, 0.05) is 42.8 Å². The summed E-state index contributed by atoms with van der Waals surface area (Å²) in [5.74, 6) is -0.194. The SMILES string of the molecule is Cn1cc2cc(-c3[nH]nc4nc(N5CCC(N)(c6ccccc6)CC5)nc(C(N)=O)c34)ccc2n1. The van der Waals surface area contributed by atoms with Crippen LogP contribution in [0.15, 0.2) is 54.7 Å². The third kappa shape index (κ3) is 3.58. The van der Waals surface area contributed by atoms with Crippen molar-refractivity contribution in [3.63, 3.8) is 0 Å². The molecule has 0 saturated carbocycles. The standard InChI is InChI=1S/C25H25N9O/c1-33-14-16-13-15(7-8-18(16)32-33)20-19-21(22(26)35)28-24(29-23(19)31-30-20)34-11-9-25(27,10-12-34)17-5-3-2-4-6-17/h2-8,13-14H,9-12,27H2,1H3,(H2,26,35)(H,28,29,30,31). The van der Waals surface area contributed by atoms with Crippen molar-refractivity contribution in [2.45, 2.75) is 18.4 Å². The maximum Gasteiger partial charge on any atom is 0.268 e. The fourth-order valence-electron chi connectivity index (χ4n) is 4.91. The maximum absolute atomic E-state index is 12.5. The van der Waals surface area contributed by atoms with Gasteiger partial charge in [-0.2, -0.15) is 15.2 Å². The van der Waals surface area contributed by atoms with Gasteiger partial charge in [0.15, 0.2) is 5.65 Å². The molecule has 176 valence electrons. The molecule has 0 radical (unpaired) electrons. The number of nitrogens with one attached hydrogen (secondary N) is 1. The first kappa shape index (κ1) is 21.2. The Balaban J connectivity index is 1.36. The van der Waals surface area contributed by atoms with Gasteiger partial charge in [-0.25, -0.2) is 4.98 Å². The number of primary amides is 1. The number of carbonyl (C=O) groups is 1. The zero-order valence-corrected chi connectivity index (χ0v) is 19.3. The predicted octanol–water partition coefficient (Wildman–Crippen LogP) is 2.46. The summed E-state index contributed by atoms with van der Waals surface area (Å²) < 4.78 is 1.76. The van der Waals surface area contributed by atoms with E-state index in [2.05, 4.69) is 37.4 Å². The first-order valence-corrected chi connectivity index (χ1v) is 11.5. The highest BCUT2D eigenvalue weighted by atomic mass is 16.1. The van der Waals surface area contributed by atoms with Crippen LogP contribution in [0.5, 0.6) is 0 Å². The van der Waals surface area contributed by atoms with E-state index in [0.717, 1.165) is 34.9 Å². The molecule has 10 nitrogen and oxygen atoms in total. The van der Waals surface area contributed by atoms with E-state index in [1.165, 1.54) is 0 Å². The molecular weight excluding hydrogens is 442 g/mol. The second-order valence-corrected chi connectivity index (χ2v) is 9.12. The number of benzene rings is 2. The van der Waals surface area contributed by atoms with Gasteiger partial charge in [0.25, 0.3) is 5.91 Å². The summed E-state index contributed by atoms with van der Waals surface area (Å²) in [7, 11) is 1.88. The van der Waals surface area contributed by atoms with Crippen LogP contribution in [0.4, 0.5) is 5.95 Å². The Morgan fingerprint density at radius 3 is 2.60 bits per heavy atom. The molecule has 1 aliphatic rings. The average Bonchev–Trinajstić information content (AvgIpc) is 3.46. The maximum atomic E-state index is 12.5. The molecule has 1 amide bonds. The molecule has 4 heterocycles. The molecule has 0 unspecified atom stereocenters. The number of hydrogen-bond acceptors (Lipinski definition) is 7. The molecule has 6 rings (SSSR count). The highest BCUT2D eigenvalue weighted by Crippen LogP contribution is 2.34. The predicted molar refractivity (Wildman–Crippen MR) is 134 cm³/mol. The average molecular weight is 468 g/mol. The van der Waals surface area contributed by atoms with E-state index in [-0.39, 0.29) is 5.69 Å². The molecule has 35 heavy (non-hydrogen) atoms. The van der Waals surface area contributed by atoms with E-state index < -0.39 is 11.4 Å². The van der Waals surface area contributed by atoms with Crippen molar-refractivity contribution in [2.75, 3.05) is 18.0 Å². The van der Waals surface area contributed by atoms with Crippen molar-refractivity contribution in [3.8, 4) is 11.3 Å². The van der Waals surface area contributed by atoms with Gasteiger partial charge in [0.2, 0.25) is 5.95 Å². The Kier molecular flexibility index (Phi) is 4.78. The number of anilines is 1. The number of hydrogen-bond donors (Lipinski definition) is 3. The molecule has 1 fully saturated rings. The minimum absolute atomic E-state index is 0.146. The number of amides is 1. The van der Waals surface area contributed by atoms with Gasteiger partial charge in [0.1, 0.15) is 5.69 Å². The molecule has 3 aromatic heterocycles. The number of H-pyrrole nitrogens is 1. The highest BCUT2D eigenvalue weighted by Gasteiger charge is 2.33. The smallest absolute Gasteiger partial charge is 0.268 e. The third-order valence-corrected chi connectivity index (χ3v) is 6.83. The topological polar surface area (TPSA) is 145 Å². The van der Waals surface area contributed by atoms with Crippen LogP contribution in [0, 0.1) is 0 Å². The second-order valence-electron chi connectivity index (χ2n) is 9.12. The number of nitrogens with two attached hydrogens (primary N) is 2. The summed E-state index contributed by atoms with van der Waals surface area (Å²) in [6.45, 7) is 1.31. The van der Waals surface area contributed by atoms with Crippen molar-refractivity contribution in [1.82, 2.24) is 29.9 Å². The number of fused-ring (bicyclic) bond motifs is 2. The number of aryl methyl sites for hydroxylation is 1. The van der Waals surface area contributed by atoms with E-state index in [0.29, 0.717) is 35.8 Å². The Hall–Kier alpha value is -4.31. The van der Waals surface area contributed by atoms with Gasteiger partial charge >= 0.3 is 0 Å². The van der Waals surface area contributed by atoms with E-state index in [1.54, 1.807) is 4.68 Å². The van der Waals surface area contributed by atoms with Gasteiger partial charge in [-0.05, 0) is 30.5 Å². The van der Waals surface area contributed by atoms with Gasteiger partial charge in [-0.15, -0.1) is 0 Å². The van der Waals surface area contributed by atoms with Gasteiger partial charge in [-0.3, -0.25) is 14.6 Å². The largest absolute Gasteiger partial charge is 0.364 e. The molecule has 2 aromatic carbocycles. The van der Waals surface area contributed by atoms with Crippen LogP contribution in [0.3, 0.4) is 0 Å². The zero-order chi connectivity index (χ0) is 24.2. The summed E-state index contributed by atoms with van der Waals surface area (Å²) in [5.41, 5.74) is 16.1. The van der Waals surface area contributed by atoms with Gasteiger partial charge < -0.3 is 16.4 Å². The quantitative estimate of drug-likeness (QED) is 0.368. The van der Waals surface area contributed by atoms with Crippen molar-refractivity contribution in [1.29, 1.82) is 0 Å². The van der Waals surface area contributed by atoms with Crippen LogP contribution in [-0.4, -0.2) is 48.9 Å². The Morgan fingerprint density at radius 1 is 1.09 bits per heavy atom. The van der Waals surface area contributed by atoms with E-state index >= 15 is 0 Å². The lowest BCUT2D eigenvalue weighted by Crippen LogP contribution is -2.48. The summed E-state index contributed by atoms with van der Waals surface area (Å²) in [6, 6.07) is 16.0. The molecule has 1 aliphatic heterocycles. The number of aromatic nitrogens is 6. The second kappa shape index (κ2) is 7.88. The Morgan fingerprint density at radius 2 is 1.86 bits per heavy atom. The van der Waals surface area contributed by atoms with Gasteiger partial charge in [0.05, 0.1) is 16.6 Å². The van der Waals surface area contributed by atoms with Gasteiger partial charge in [-0.1, -0.05) is 36.4 Å². The van der Waals surface area contributed by atoms with Crippen LogP contribution in [0.2, 0.25) is 0 Å². The summed E-state index contributed by atoms with van der Waals surface area (Å²) in [6.07, 6.45) is 3.41. The zero-order valence-electron chi connectivity index (χ0n) is 19.3. The monoisotopic (exact) mass is 467 g/mol. The van der Waals surface area contributed by atoms with E-state index in [9.17, 15) is 4.79 Å². The Bertz CT molecular complexity index is 1560. The third-order valence-electron chi connectivity index (χ3n) is 6.83. The lowest BCUT2D eigenvalue weighted by Gasteiger charge is -2.39. The van der Waals surface area contributed by atoms with Crippen molar-refractivity contribution in [2.24, 2.45) is 18.5 Å². The number of rotatable bonds is 4. The lowest BCUT2D eigenvalue weighted by atomic mass is 9.82. The van der Waals surface area contributed by atoms with E-state index in [4.69, 9.17) is 11.5 Å². The number of aromatic amines is 1. The van der Waals surface area contributed by atoms with Crippen LogP contribution in [0.25, 0.3) is 33.2 Å². The molecule has 0 spiro atoms. The number of piperidine rings is 1. The van der Waals surface area contributed by atoms with E-state index in [1.807, 2.05) is 54.5 Å². The first-order chi connectivity index (χ1) is 16.9. The van der Waals surface area contributed by atoms with Crippen molar-refractivity contribution < 1.29 is 4.79 Å². The molecule has 10 heteroatoms. The summed E-state index contributed by atoms with van der Waals surface area (Å²) >= 11 is 0. The van der Waals surface area contributed by atoms with Crippen LogP contribution in [-0.2, 0) is 12.6 Å². The molecule has 1 saturated heterocycles. The normalized spacial score (nSPS) is 15.7. The summed E-state index contributed by atoms with van der Waals surface area (Å²) in [5, 5.41) is 13.3. The highest BCUT2D eigenvalue weighted by molar-refractivity contribution is 6.08. The molecular formula is C25H25N9O. The molecule has 5 N–H and O–H groups in total. The molecule has 0 atom stereocenters. The van der Waals surface area contributed by atoms with Crippen molar-refractivity contribution in [3.05, 3.63) is 66.0 Å². The fraction of sp³-hybridized carbons (Fsp3) is 0.240. The minimum Gasteiger partial charge on any atom is -0.364 e. The molecule has 0 bridgehead atoms. The minimum atomic E-state index is -0.627. The first-order valence-electron chi connectivity index (χ1n) is 11.5. The van der Waals surface area contributed by atoms with Crippen LogP contribution < -0.4 is 16.4 Å². The van der Waals surface area contributed by atoms with Crippen LogP contribution >= 0.6 is 0 Å². The van der Waals surface area contributed by atoms with Crippen LogP contribution in [0.1, 0.15) is 28.9 Å². The summed E-state index contributed by atoms with van der Waals surface area (Å²) in [4.78, 5) is 23.8. The lowest BCUT2D eigenvalue weighted by molar-refractivity contribution is 0.0997. The molecule has 5 aromatic rings. The number of nitrogens with zero attached hydrogens (tertiary/aromatic N) is 6. The number of carbonyl (C=O) groups excluding carboxylic acids is 1. The fourth-order valence-corrected chi connectivity index (χ4v) is 4.91. The molecule has 0 aliphatic carbocycles.